The normalized spacial score (nSPS) is 22.1. The fourth-order valence-corrected chi connectivity index (χ4v) is 2.28. The van der Waals surface area contributed by atoms with E-state index in [1.54, 1.807) is 19.3 Å². The molecule has 21 heavy (non-hydrogen) atoms. The predicted molar refractivity (Wildman–Crippen MR) is 82.9 cm³/mol. The zero-order valence-electron chi connectivity index (χ0n) is 12.7. The Morgan fingerprint density at radius 2 is 2.19 bits per heavy atom. The molecule has 1 aliphatic carbocycles. The Morgan fingerprint density at radius 1 is 1.48 bits per heavy atom. The fraction of sp³-hybridized carbons (Fsp3) is 0.353. The molecule has 0 amide bonds. The molecule has 1 aliphatic rings. The molecule has 1 N–H and O–H groups in total. The van der Waals surface area contributed by atoms with Gasteiger partial charge in [0.1, 0.15) is 17.3 Å². The highest BCUT2D eigenvalue weighted by Gasteiger charge is 2.25. The summed E-state index contributed by atoms with van der Waals surface area (Å²) in [5.74, 6) is 1.47. The number of aliphatic hydroxyl groups excluding tert-OH is 1. The number of allylic oxidation sites excluding steroid dienone is 3. The smallest absolute Gasteiger partial charge is 0.192 e. The summed E-state index contributed by atoms with van der Waals surface area (Å²) in [6.07, 6.45) is 6.25. The third-order valence-electron chi connectivity index (χ3n) is 3.67. The van der Waals surface area contributed by atoms with E-state index in [0.29, 0.717) is 22.8 Å². The molecule has 0 fully saturated rings. The van der Waals surface area contributed by atoms with Crippen LogP contribution in [0.25, 0.3) is 11.6 Å². The number of aliphatic hydroxyl groups is 1. The van der Waals surface area contributed by atoms with E-state index in [4.69, 9.17) is 9.15 Å². The zero-order chi connectivity index (χ0) is 15.6. The highest BCUT2D eigenvalue weighted by Crippen LogP contribution is 2.30. The van der Waals surface area contributed by atoms with Gasteiger partial charge in [-0.3, -0.25) is 4.79 Å². The van der Waals surface area contributed by atoms with Crippen LogP contribution in [0.4, 0.5) is 0 Å². The van der Waals surface area contributed by atoms with E-state index >= 15 is 0 Å². The molecule has 0 aliphatic heterocycles. The minimum Gasteiger partial charge on any atom is -0.497 e. The van der Waals surface area contributed by atoms with Gasteiger partial charge in [-0.25, -0.2) is 0 Å². The van der Waals surface area contributed by atoms with Gasteiger partial charge in [0.25, 0.3) is 0 Å². The van der Waals surface area contributed by atoms with Crippen molar-refractivity contribution >= 4 is 11.6 Å². The maximum Gasteiger partial charge on any atom is 0.192 e. The zero-order valence-corrected chi connectivity index (χ0v) is 12.7. The predicted octanol–water partition coefficient (Wildman–Crippen LogP) is 3.08. The second-order valence-corrected chi connectivity index (χ2v) is 5.11. The van der Waals surface area contributed by atoms with Crippen molar-refractivity contribution < 1.29 is 14.3 Å². The van der Waals surface area contributed by atoms with Gasteiger partial charge in [0, 0.05) is 12.0 Å². The summed E-state index contributed by atoms with van der Waals surface area (Å²) in [7, 11) is 1.59. The lowest BCUT2D eigenvalue weighted by atomic mass is 9.91. The number of methoxy groups -OCH3 is 1. The van der Waals surface area contributed by atoms with Crippen molar-refractivity contribution in [2.75, 3.05) is 7.11 Å². The van der Waals surface area contributed by atoms with Gasteiger partial charge in [0.15, 0.2) is 5.43 Å². The van der Waals surface area contributed by atoms with Gasteiger partial charge in [-0.05, 0) is 37.6 Å². The highest BCUT2D eigenvalue weighted by molar-refractivity contribution is 5.64. The van der Waals surface area contributed by atoms with Crippen LogP contribution in [0.5, 0.6) is 0 Å². The van der Waals surface area contributed by atoms with Gasteiger partial charge in [-0.15, -0.1) is 0 Å². The van der Waals surface area contributed by atoms with Gasteiger partial charge < -0.3 is 14.3 Å². The standard InChI is InChI=1S/C17H20O4/c1-5-12(20-4)8-10(2)16-9-15(19)13-6-7-14(18)11(3)17(13)21-16/h5-9,11,14,18H,1-4H3. The van der Waals surface area contributed by atoms with Gasteiger partial charge in [0.2, 0.25) is 0 Å². The molecule has 4 heteroatoms. The van der Waals surface area contributed by atoms with Gasteiger partial charge in [0.05, 0.1) is 18.8 Å². The maximum absolute atomic E-state index is 12.2. The fourth-order valence-electron chi connectivity index (χ4n) is 2.28. The quantitative estimate of drug-likeness (QED) is 0.686. The molecule has 0 aromatic carbocycles. The summed E-state index contributed by atoms with van der Waals surface area (Å²) in [5.41, 5.74) is 1.21. The molecule has 1 aromatic heterocycles. The Labute approximate surface area is 124 Å². The minimum absolute atomic E-state index is 0.103. The van der Waals surface area contributed by atoms with Crippen molar-refractivity contribution in [3.63, 3.8) is 0 Å². The van der Waals surface area contributed by atoms with E-state index in [1.165, 1.54) is 6.07 Å². The van der Waals surface area contributed by atoms with Crippen LogP contribution in [0.1, 0.15) is 43.8 Å². The Balaban J connectivity index is 2.52. The number of fused-ring (bicyclic) bond motifs is 1. The largest absolute Gasteiger partial charge is 0.497 e. The van der Waals surface area contributed by atoms with Crippen molar-refractivity contribution in [1.82, 2.24) is 0 Å². The summed E-state index contributed by atoms with van der Waals surface area (Å²) in [6.45, 7) is 5.56. The second-order valence-electron chi connectivity index (χ2n) is 5.11. The molecular formula is C17H20O4. The van der Waals surface area contributed by atoms with Crippen LogP contribution in [0.2, 0.25) is 0 Å². The van der Waals surface area contributed by atoms with Crippen LogP contribution in [0, 0.1) is 0 Å². The van der Waals surface area contributed by atoms with Crippen molar-refractivity contribution in [3.8, 4) is 0 Å². The van der Waals surface area contributed by atoms with Crippen LogP contribution in [-0.2, 0) is 4.74 Å². The van der Waals surface area contributed by atoms with Crippen LogP contribution < -0.4 is 5.43 Å². The first-order valence-electron chi connectivity index (χ1n) is 6.91. The van der Waals surface area contributed by atoms with Crippen LogP contribution in [-0.4, -0.2) is 18.3 Å². The Hall–Kier alpha value is -2.07. The maximum atomic E-state index is 12.2. The van der Waals surface area contributed by atoms with Crippen molar-refractivity contribution in [2.24, 2.45) is 0 Å². The van der Waals surface area contributed by atoms with E-state index in [2.05, 4.69) is 0 Å². The number of rotatable bonds is 3. The van der Waals surface area contributed by atoms with Gasteiger partial charge >= 0.3 is 0 Å². The topological polar surface area (TPSA) is 59.7 Å². The Bertz CT molecular complexity index is 677. The molecule has 112 valence electrons. The molecule has 1 aromatic rings. The lowest BCUT2D eigenvalue weighted by Gasteiger charge is -2.21. The summed E-state index contributed by atoms with van der Waals surface area (Å²) in [6, 6.07) is 1.47. The highest BCUT2D eigenvalue weighted by atomic mass is 16.5. The first-order valence-corrected chi connectivity index (χ1v) is 6.91. The molecule has 2 atom stereocenters. The summed E-state index contributed by atoms with van der Waals surface area (Å²) < 4.78 is 11.0. The van der Waals surface area contributed by atoms with Crippen molar-refractivity contribution in [1.29, 1.82) is 0 Å². The molecular weight excluding hydrogens is 268 g/mol. The van der Waals surface area contributed by atoms with Gasteiger partial charge in [-0.1, -0.05) is 13.0 Å². The third kappa shape index (κ3) is 3.00. The number of ether oxygens (including phenoxy) is 1. The first kappa shape index (κ1) is 15.3. The van der Waals surface area contributed by atoms with Crippen LogP contribution in [0.3, 0.4) is 0 Å². The summed E-state index contributed by atoms with van der Waals surface area (Å²) >= 11 is 0. The minimum atomic E-state index is -0.634. The molecule has 0 saturated heterocycles. The molecule has 0 spiro atoms. The average molecular weight is 288 g/mol. The Morgan fingerprint density at radius 3 is 2.81 bits per heavy atom. The number of hydrogen-bond donors (Lipinski definition) is 1. The lowest BCUT2D eigenvalue weighted by Crippen LogP contribution is -2.22. The monoisotopic (exact) mass is 288 g/mol. The van der Waals surface area contributed by atoms with E-state index in [9.17, 15) is 9.90 Å². The number of hydrogen-bond acceptors (Lipinski definition) is 4. The molecule has 0 radical (unpaired) electrons. The Kier molecular flexibility index (Phi) is 4.48. The SMILES string of the molecule is CC=C(C=C(C)c1cc(=O)c2c(o1)C(C)C(O)C=C2)OC. The molecule has 0 saturated carbocycles. The first-order chi connectivity index (χ1) is 9.97. The molecule has 4 nitrogen and oxygen atoms in total. The molecule has 1 heterocycles. The lowest BCUT2D eigenvalue weighted by molar-refractivity contribution is 0.182. The molecule has 0 bridgehead atoms. The van der Waals surface area contributed by atoms with Crippen LogP contribution in [0.15, 0.2) is 39.3 Å². The van der Waals surface area contributed by atoms with Crippen LogP contribution >= 0.6 is 0 Å². The average Bonchev–Trinajstić information content (AvgIpc) is 2.48. The van der Waals surface area contributed by atoms with E-state index in [1.807, 2.05) is 32.9 Å². The van der Waals surface area contributed by atoms with Crippen molar-refractivity contribution in [3.05, 3.63) is 57.4 Å². The van der Waals surface area contributed by atoms with E-state index in [0.717, 1.165) is 5.57 Å². The molecule has 2 rings (SSSR count). The van der Waals surface area contributed by atoms with Crippen molar-refractivity contribution in [2.45, 2.75) is 32.8 Å². The van der Waals surface area contributed by atoms with E-state index in [-0.39, 0.29) is 11.3 Å². The summed E-state index contributed by atoms with van der Waals surface area (Å²) in [5, 5.41) is 9.87. The summed E-state index contributed by atoms with van der Waals surface area (Å²) in [4.78, 5) is 12.2. The second kappa shape index (κ2) is 6.14. The third-order valence-corrected chi connectivity index (χ3v) is 3.67. The van der Waals surface area contributed by atoms with E-state index < -0.39 is 6.10 Å². The molecule has 2 unspecified atom stereocenters. The van der Waals surface area contributed by atoms with Gasteiger partial charge in [-0.2, -0.15) is 0 Å².